The van der Waals surface area contributed by atoms with Crippen LogP contribution in [0, 0.1) is 5.41 Å². The summed E-state index contributed by atoms with van der Waals surface area (Å²) < 4.78 is 5.73. The van der Waals surface area contributed by atoms with E-state index in [9.17, 15) is 0 Å². The van der Waals surface area contributed by atoms with Gasteiger partial charge in [-0.1, -0.05) is 65.8 Å². The van der Waals surface area contributed by atoms with Crippen LogP contribution in [-0.4, -0.2) is 13.2 Å². The van der Waals surface area contributed by atoms with E-state index in [1.54, 1.807) is 0 Å². The fourth-order valence-corrected chi connectivity index (χ4v) is 1.76. The molecule has 1 nitrogen and oxygen atoms in total. The molecule has 0 saturated carbocycles. The quantitative estimate of drug-likeness (QED) is 0.708. The Kier molecular flexibility index (Phi) is 4.98. The summed E-state index contributed by atoms with van der Waals surface area (Å²) in [4.78, 5) is 0. The van der Waals surface area contributed by atoms with Gasteiger partial charge in [0, 0.05) is 0 Å². The molecule has 0 spiro atoms. The summed E-state index contributed by atoms with van der Waals surface area (Å²) in [5.41, 5.74) is 3.25. The predicted molar refractivity (Wildman–Crippen MR) is 79.1 cm³/mol. The molecule has 0 N–H and O–H groups in total. The number of benzene rings is 1. The molecule has 102 valence electrons. The summed E-state index contributed by atoms with van der Waals surface area (Å²) in [6.45, 7) is 15.0. The van der Waals surface area contributed by atoms with Gasteiger partial charge in [-0.25, -0.2) is 0 Å². The third-order valence-electron chi connectivity index (χ3n) is 2.86. The second kappa shape index (κ2) is 5.88. The van der Waals surface area contributed by atoms with Crippen LogP contribution >= 0.6 is 0 Å². The first-order chi connectivity index (χ1) is 8.18. The van der Waals surface area contributed by atoms with Gasteiger partial charge in [-0.05, 0) is 28.4 Å². The number of ether oxygens (including phenoxy) is 1. The van der Waals surface area contributed by atoms with Gasteiger partial charge in [0.1, 0.15) is 0 Å². The molecule has 0 bridgehead atoms. The van der Waals surface area contributed by atoms with Crippen molar-refractivity contribution in [3.63, 3.8) is 0 Å². The van der Waals surface area contributed by atoms with Gasteiger partial charge in [-0.15, -0.1) is 0 Å². The second-order valence-electron chi connectivity index (χ2n) is 7.31. The van der Waals surface area contributed by atoms with Crippen molar-refractivity contribution in [1.82, 2.24) is 0 Å². The van der Waals surface area contributed by atoms with Crippen LogP contribution in [0.2, 0.25) is 0 Å². The van der Waals surface area contributed by atoms with Crippen LogP contribution in [0.5, 0.6) is 0 Å². The van der Waals surface area contributed by atoms with Crippen molar-refractivity contribution < 1.29 is 4.74 Å². The summed E-state index contributed by atoms with van der Waals surface area (Å²) in [5.74, 6) is 0. The molecule has 1 aromatic carbocycles. The number of hydrogen-bond acceptors (Lipinski definition) is 1. The smallest absolute Gasteiger partial charge is 0.0514 e. The maximum atomic E-state index is 5.73. The average molecular weight is 248 g/mol. The highest BCUT2D eigenvalue weighted by Gasteiger charge is 2.13. The molecule has 1 heteroatoms. The largest absolute Gasteiger partial charge is 0.381 e. The molecule has 0 aliphatic heterocycles. The van der Waals surface area contributed by atoms with E-state index in [1.807, 2.05) is 0 Å². The topological polar surface area (TPSA) is 9.23 Å². The van der Waals surface area contributed by atoms with E-state index in [-0.39, 0.29) is 10.8 Å². The number of hydrogen-bond donors (Lipinski definition) is 0. The van der Waals surface area contributed by atoms with Crippen LogP contribution in [-0.2, 0) is 16.6 Å². The molecular weight excluding hydrogens is 220 g/mol. The van der Waals surface area contributed by atoms with Gasteiger partial charge < -0.3 is 4.74 Å². The standard InChI is InChI=1S/C17H28O/c1-16(2,3)13-18-11-10-14-8-7-9-15(12-14)17(4,5)6/h7-9,12H,10-11,13H2,1-6H3. The monoisotopic (exact) mass is 248 g/mol. The van der Waals surface area contributed by atoms with Gasteiger partial charge in [-0.3, -0.25) is 0 Å². The zero-order chi connectivity index (χ0) is 13.8. The molecule has 0 amide bonds. The molecule has 0 heterocycles. The van der Waals surface area contributed by atoms with Gasteiger partial charge >= 0.3 is 0 Å². The van der Waals surface area contributed by atoms with Crippen LogP contribution in [0.15, 0.2) is 24.3 Å². The first-order valence-corrected chi connectivity index (χ1v) is 6.86. The Balaban J connectivity index is 2.49. The SMILES string of the molecule is CC(C)(C)COCCc1cccc(C(C)(C)C)c1. The lowest BCUT2D eigenvalue weighted by Gasteiger charge is -2.20. The predicted octanol–water partition coefficient (Wildman–Crippen LogP) is 4.59. The lowest BCUT2D eigenvalue weighted by atomic mass is 9.86. The van der Waals surface area contributed by atoms with Gasteiger partial charge in [0.2, 0.25) is 0 Å². The molecule has 0 radical (unpaired) electrons. The third-order valence-corrected chi connectivity index (χ3v) is 2.86. The van der Waals surface area contributed by atoms with Gasteiger partial charge in [-0.2, -0.15) is 0 Å². The molecule has 0 aliphatic carbocycles. The van der Waals surface area contributed by atoms with Crippen molar-refractivity contribution in [2.75, 3.05) is 13.2 Å². The average Bonchev–Trinajstić information content (AvgIpc) is 2.22. The summed E-state index contributed by atoms with van der Waals surface area (Å²) in [5, 5.41) is 0. The summed E-state index contributed by atoms with van der Waals surface area (Å²) in [6, 6.07) is 8.86. The zero-order valence-corrected chi connectivity index (χ0v) is 12.8. The second-order valence-corrected chi connectivity index (χ2v) is 7.31. The molecule has 0 saturated heterocycles. The van der Waals surface area contributed by atoms with Crippen LogP contribution in [0.4, 0.5) is 0 Å². The molecule has 0 atom stereocenters. The lowest BCUT2D eigenvalue weighted by Crippen LogP contribution is -2.16. The summed E-state index contributed by atoms with van der Waals surface area (Å²) >= 11 is 0. The Hall–Kier alpha value is -0.820. The van der Waals surface area contributed by atoms with Crippen molar-refractivity contribution in [1.29, 1.82) is 0 Å². The van der Waals surface area contributed by atoms with E-state index in [1.165, 1.54) is 11.1 Å². The third kappa shape index (κ3) is 5.68. The maximum absolute atomic E-state index is 5.73. The molecule has 0 aliphatic rings. The van der Waals surface area contributed by atoms with E-state index >= 15 is 0 Å². The minimum absolute atomic E-state index is 0.224. The van der Waals surface area contributed by atoms with Gasteiger partial charge in [0.15, 0.2) is 0 Å². The Morgan fingerprint density at radius 3 is 2.22 bits per heavy atom. The van der Waals surface area contributed by atoms with Gasteiger partial charge in [0.25, 0.3) is 0 Å². The summed E-state index contributed by atoms with van der Waals surface area (Å²) in [6.07, 6.45) is 1.000. The Morgan fingerprint density at radius 2 is 1.67 bits per heavy atom. The molecule has 1 aromatic rings. The minimum Gasteiger partial charge on any atom is -0.381 e. The van der Waals surface area contributed by atoms with E-state index in [0.29, 0.717) is 0 Å². The van der Waals surface area contributed by atoms with E-state index < -0.39 is 0 Å². The van der Waals surface area contributed by atoms with Crippen molar-refractivity contribution in [2.24, 2.45) is 5.41 Å². The van der Waals surface area contributed by atoms with Crippen LogP contribution in [0.3, 0.4) is 0 Å². The molecule has 1 rings (SSSR count). The Morgan fingerprint density at radius 1 is 1.00 bits per heavy atom. The van der Waals surface area contributed by atoms with Crippen molar-refractivity contribution in [3.05, 3.63) is 35.4 Å². The first-order valence-electron chi connectivity index (χ1n) is 6.86. The Labute approximate surface area is 113 Å². The normalized spacial score (nSPS) is 12.8. The van der Waals surface area contributed by atoms with E-state index in [0.717, 1.165) is 19.6 Å². The van der Waals surface area contributed by atoms with E-state index in [4.69, 9.17) is 4.74 Å². The highest BCUT2D eigenvalue weighted by atomic mass is 16.5. The van der Waals surface area contributed by atoms with Crippen LogP contribution in [0.25, 0.3) is 0 Å². The van der Waals surface area contributed by atoms with Crippen LogP contribution < -0.4 is 0 Å². The molecular formula is C17H28O. The highest BCUT2D eigenvalue weighted by molar-refractivity contribution is 5.28. The van der Waals surface area contributed by atoms with Crippen LogP contribution in [0.1, 0.15) is 52.7 Å². The maximum Gasteiger partial charge on any atom is 0.0514 e. The Bertz CT molecular complexity index is 366. The summed E-state index contributed by atoms with van der Waals surface area (Å²) in [7, 11) is 0. The molecule has 18 heavy (non-hydrogen) atoms. The molecule has 0 fully saturated rings. The van der Waals surface area contributed by atoms with Crippen molar-refractivity contribution >= 4 is 0 Å². The fourth-order valence-electron chi connectivity index (χ4n) is 1.76. The highest BCUT2D eigenvalue weighted by Crippen LogP contribution is 2.23. The van der Waals surface area contributed by atoms with Crippen molar-refractivity contribution in [2.45, 2.75) is 53.4 Å². The van der Waals surface area contributed by atoms with E-state index in [2.05, 4.69) is 65.8 Å². The number of rotatable bonds is 4. The van der Waals surface area contributed by atoms with Crippen molar-refractivity contribution in [3.8, 4) is 0 Å². The molecule has 0 unspecified atom stereocenters. The fraction of sp³-hybridized carbons (Fsp3) is 0.647. The van der Waals surface area contributed by atoms with Gasteiger partial charge in [0.05, 0.1) is 13.2 Å². The zero-order valence-electron chi connectivity index (χ0n) is 12.8. The minimum atomic E-state index is 0.224. The molecule has 0 aromatic heterocycles. The lowest BCUT2D eigenvalue weighted by molar-refractivity contribution is 0.0733. The first kappa shape index (κ1) is 15.2.